The zero-order chi connectivity index (χ0) is 25.7. The van der Waals surface area contributed by atoms with Gasteiger partial charge in [-0.2, -0.15) is 5.10 Å². The highest BCUT2D eigenvalue weighted by molar-refractivity contribution is 5.90. The van der Waals surface area contributed by atoms with E-state index in [1.807, 2.05) is 30.5 Å². The van der Waals surface area contributed by atoms with Gasteiger partial charge < -0.3 is 25.0 Å². The van der Waals surface area contributed by atoms with Crippen molar-refractivity contribution in [3.63, 3.8) is 0 Å². The first-order valence-electron chi connectivity index (χ1n) is 14.0. The van der Waals surface area contributed by atoms with E-state index in [2.05, 4.69) is 20.2 Å². The van der Waals surface area contributed by atoms with Crippen molar-refractivity contribution in [2.75, 3.05) is 43.6 Å². The Bertz CT molecular complexity index is 1310. The number of nitrogens with one attached hydrogen (secondary N) is 2. The van der Waals surface area contributed by atoms with Crippen LogP contribution in [-0.4, -0.2) is 64.9 Å². The van der Waals surface area contributed by atoms with Crippen LogP contribution in [0.1, 0.15) is 51.0 Å². The lowest BCUT2D eigenvalue weighted by molar-refractivity contribution is -0.181. The number of carbonyl (C=O) groups is 1. The lowest BCUT2D eigenvalue weighted by Crippen LogP contribution is -2.37. The minimum atomic E-state index is -0.400. The van der Waals surface area contributed by atoms with Gasteiger partial charge in [-0.15, -0.1) is 0 Å². The molecule has 200 valence electrons. The largest absolute Gasteiger partial charge is 0.355 e. The van der Waals surface area contributed by atoms with Crippen LogP contribution in [0.25, 0.3) is 22.4 Å². The van der Waals surface area contributed by atoms with Gasteiger partial charge >= 0.3 is 6.03 Å². The van der Waals surface area contributed by atoms with E-state index in [9.17, 15) is 4.79 Å². The second kappa shape index (κ2) is 9.50. The van der Waals surface area contributed by atoms with E-state index >= 15 is 0 Å². The van der Waals surface area contributed by atoms with E-state index < -0.39 is 5.79 Å². The van der Waals surface area contributed by atoms with Gasteiger partial charge in [-0.05, 0) is 68.2 Å². The van der Waals surface area contributed by atoms with Crippen molar-refractivity contribution in [1.82, 2.24) is 25.1 Å². The van der Waals surface area contributed by atoms with E-state index in [-0.39, 0.29) is 12.1 Å². The molecule has 3 aromatic rings. The molecule has 7 rings (SSSR count). The maximum Gasteiger partial charge on any atom is 0.318 e. The first-order valence-corrected chi connectivity index (χ1v) is 14.0. The second-order valence-electron chi connectivity index (χ2n) is 11.3. The summed E-state index contributed by atoms with van der Waals surface area (Å²) in [6.07, 6.45) is 9.57. The number of piperidine rings is 1. The number of ether oxygens (including phenoxy) is 2. The highest BCUT2D eigenvalue weighted by Gasteiger charge is 2.41. The molecule has 2 amide bonds. The Hall–Kier alpha value is -3.24. The van der Waals surface area contributed by atoms with Gasteiger partial charge in [0.1, 0.15) is 5.82 Å². The Morgan fingerprint density at radius 2 is 1.71 bits per heavy atom. The van der Waals surface area contributed by atoms with Crippen LogP contribution in [0.5, 0.6) is 0 Å². The number of rotatable bonds is 4. The Kier molecular flexibility index (Phi) is 5.96. The van der Waals surface area contributed by atoms with Gasteiger partial charge in [0.15, 0.2) is 17.3 Å². The smallest absolute Gasteiger partial charge is 0.318 e. The standard InChI is InChI=1S/C28H35N7O3/c1-29-27(36)31-21-6-4-20(5-7-21)24-32-25(34-16-18-2-3-19(14-18)17-34)23-15-30-35(26(23)33-24)22-8-10-28(11-9-22)37-12-13-38-28/h4-7,15,18-19,22H,2-3,8-14,16-17H2,1H3,(H2,29,31,36). The van der Waals surface area contributed by atoms with Gasteiger partial charge in [0.05, 0.1) is 30.8 Å². The lowest BCUT2D eigenvalue weighted by Gasteiger charge is -2.35. The molecule has 2 aliphatic carbocycles. The van der Waals surface area contributed by atoms with E-state index in [1.54, 1.807) is 7.05 Å². The van der Waals surface area contributed by atoms with Crippen LogP contribution >= 0.6 is 0 Å². The zero-order valence-electron chi connectivity index (χ0n) is 21.9. The summed E-state index contributed by atoms with van der Waals surface area (Å²) in [5, 5.41) is 11.3. The monoisotopic (exact) mass is 517 g/mol. The van der Waals surface area contributed by atoms with Crippen molar-refractivity contribution < 1.29 is 14.3 Å². The fourth-order valence-electron chi connectivity index (χ4n) is 6.90. The van der Waals surface area contributed by atoms with Crippen molar-refractivity contribution in [3.05, 3.63) is 30.5 Å². The number of nitrogens with zero attached hydrogens (tertiary/aromatic N) is 5. The molecule has 2 unspecified atom stereocenters. The molecule has 2 saturated carbocycles. The third-order valence-electron chi connectivity index (χ3n) is 8.84. The van der Waals surface area contributed by atoms with Crippen LogP contribution < -0.4 is 15.5 Å². The Labute approximate surface area is 222 Å². The quantitative estimate of drug-likeness (QED) is 0.530. The molecule has 2 atom stereocenters. The summed E-state index contributed by atoms with van der Waals surface area (Å²) < 4.78 is 14.0. The van der Waals surface area contributed by atoms with E-state index in [4.69, 9.17) is 24.5 Å². The van der Waals surface area contributed by atoms with Crippen LogP contribution in [0.15, 0.2) is 30.5 Å². The van der Waals surface area contributed by atoms with Crippen LogP contribution in [0, 0.1) is 11.8 Å². The molecule has 4 aliphatic rings. The minimum absolute atomic E-state index is 0.246. The number of anilines is 2. The third kappa shape index (κ3) is 4.29. The molecule has 2 bridgehead atoms. The van der Waals surface area contributed by atoms with Gasteiger partial charge in [0.25, 0.3) is 0 Å². The first kappa shape index (κ1) is 23.8. The number of carbonyl (C=O) groups excluding carboxylic acids is 1. The highest BCUT2D eigenvalue weighted by atomic mass is 16.7. The zero-order valence-corrected chi connectivity index (χ0v) is 21.9. The first-order chi connectivity index (χ1) is 18.6. The van der Waals surface area contributed by atoms with Crippen LogP contribution in [-0.2, 0) is 9.47 Å². The number of amides is 2. The van der Waals surface area contributed by atoms with Crippen LogP contribution in [0.3, 0.4) is 0 Å². The van der Waals surface area contributed by atoms with E-state index in [0.29, 0.717) is 19.0 Å². The van der Waals surface area contributed by atoms with E-state index in [0.717, 1.165) is 78.7 Å². The summed E-state index contributed by atoms with van der Waals surface area (Å²) in [6.45, 7) is 3.46. The summed E-state index contributed by atoms with van der Waals surface area (Å²) in [5.41, 5.74) is 2.53. The summed E-state index contributed by atoms with van der Waals surface area (Å²) in [5.74, 6) is 2.77. The average molecular weight is 518 g/mol. The Morgan fingerprint density at radius 1 is 1.00 bits per heavy atom. The highest BCUT2D eigenvalue weighted by Crippen LogP contribution is 2.43. The SMILES string of the molecule is CNC(=O)Nc1ccc(-c2nc(N3CC4CCC(C4)C3)c3cnn(C4CCC5(CC4)OCCO5)c3n2)cc1. The maximum atomic E-state index is 11.7. The molecule has 0 radical (unpaired) electrons. The minimum Gasteiger partial charge on any atom is -0.355 e. The van der Waals surface area contributed by atoms with Crippen molar-refractivity contribution in [1.29, 1.82) is 0 Å². The number of urea groups is 1. The third-order valence-corrected chi connectivity index (χ3v) is 8.84. The Balaban J connectivity index is 1.25. The van der Waals surface area contributed by atoms with Crippen LogP contribution in [0.2, 0.25) is 0 Å². The molecule has 10 heteroatoms. The summed E-state index contributed by atoms with van der Waals surface area (Å²) in [4.78, 5) is 24.4. The molecule has 1 aromatic carbocycles. The van der Waals surface area contributed by atoms with Gasteiger partial charge in [-0.3, -0.25) is 0 Å². The number of fused-ring (bicyclic) bond motifs is 3. The molecule has 1 spiro atoms. The molecule has 2 saturated heterocycles. The number of hydrogen-bond donors (Lipinski definition) is 2. The Morgan fingerprint density at radius 3 is 2.39 bits per heavy atom. The molecular weight excluding hydrogens is 482 g/mol. The van der Waals surface area contributed by atoms with Crippen molar-refractivity contribution in [2.24, 2.45) is 11.8 Å². The molecule has 4 heterocycles. The summed E-state index contributed by atoms with van der Waals surface area (Å²) in [7, 11) is 1.60. The summed E-state index contributed by atoms with van der Waals surface area (Å²) in [6, 6.07) is 7.71. The fourth-order valence-corrected chi connectivity index (χ4v) is 6.90. The molecular formula is C28H35N7O3. The molecule has 2 aromatic heterocycles. The van der Waals surface area contributed by atoms with Gasteiger partial charge in [0, 0.05) is 44.2 Å². The van der Waals surface area contributed by atoms with Crippen molar-refractivity contribution in [2.45, 2.75) is 56.8 Å². The maximum absolute atomic E-state index is 11.7. The predicted molar refractivity (Wildman–Crippen MR) is 144 cm³/mol. The molecule has 4 fully saturated rings. The second-order valence-corrected chi connectivity index (χ2v) is 11.3. The molecule has 2 N–H and O–H groups in total. The fraction of sp³-hybridized carbons (Fsp3) is 0.571. The number of benzene rings is 1. The average Bonchev–Trinajstić information content (AvgIpc) is 3.68. The van der Waals surface area contributed by atoms with Crippen molar-refractivity contribution in [3.8, 4) is 11.4 Å². The number of hydrogen-bond acceptors (Lipinski definition) is 7. The summed E-state index contributed by atoms with van der Waals surface area (Å²) >= 11 is 0. The normalized spacial score (nSPS) is 24.8. The van der Waals surface area contributed by atoms with Crippen molar-refractivity contribution >= 4 is 28.6 Å². The lowest BCUT2D eigenvalue weighted by atomic mass is 9.90. The molecule has 2 aliphatic heterocycles. The van der Waals surface area contributed by atoms with Gasteiger partial charge in [0.2, 0.25) is 0 Å². The number of aromatic nitrogens is 4. The molecule has 10 nitrogen and oxygen atoms in total. The van der Waals surface area contributed by atoms with Gasteiger partial charge in [-0.25, -0.2) is 19.4 Å². The predicted octanol–water partition coefficient (Wildman–Crippen LogP) is 4.34. The topological polar surface area (TPSA) is 106 Å². The van der Waals surface area contributed by atoms with Gasteiger partial charge in [-0.1, -0.05) is 0 Å². The van der Waals surface area contributed by atoms with Crippen LogP contribution in [0.4, 0.5) is 16.3 Å². The van der Waals surface area contributed by atoms with E-state index in [1.165, 1.54) is 19.3 Å². The molecule has 38 heavy (non-hydrogen) atoms.